The van der Waals surface area contributed by atoms with E-state index in [1.165, 1.54) is 22.3 Å². The van der Waals surface area contributed by atoms with Crippen LogP contribution in [0, 0.1) is 0 Å². The predicted molar refractivity (Wildman–Crippen MR) is 121 cm³/mol. The van der Waals surface area contributed by atoms with Gasteiger partial charge in [0.25, 0.3) is 0 Å². The van der Waals surface area contributed by atoms with Crippen LogP contribution in [-0.4, -0.2) is 22.1 Å². The Morgan fingerprint density at radius 1 is 0.963 bits per heavy atom. The van der Waals surface area contributed by atoms with Crippen molar-refractivity contribution in [2.45, 2.75) is 46.9 Å². The summed E-state index contributed by atoms with van der Waals surface area (Å²) in [4.78, 5) is 4.97. The molecule has 0 saturated carbocycles. The van der Waals surface area contributed by atoms with Crippen molar-refractivity contribution in [1.82, 2.24) is 3.80 Å². The Kier molecular flexibility index (Phi) is 7.72. The van der Waals surface area contributed by atoms with Crippen LogP contribution in [0.4, 0.5) is 0 Å². The first-order valence-corrected chi connectivity index (χ1v) is 14.7. The summed E-state index contributed by atoms with van der Waals surface area (Å²) in [7, 11) is 0. The number of halogens is 2. The van der Waals surface area contributed by atoms with Crippen molar-refractivity contribution in [2.24, 2.45) is 0 Å². The number of fused-ring (bicyclic) bond motifs is 3. The Morgan fingerprint density at radius 3 is 1.81 bits per heavy atom. The van der Waals surface area contributed by atoms with Gasteiger partial charge in [0.2, 0.25) is 0 Å². The van der Waals surface area contributed by atoms with E-state index in [4.69, 9.17) is 4.82 Å². The first-order chi connectivity index (χ1) is 11.6. The Morgan fingerprint density at radius 2 is 1.41 bits per heavy atom. The zero-order valence-electron chi connectivity index (χ0n) is 16.8. The van der Waals surface area contributed by atoms with Gasteiger partial charge in [0.15, 0.2) is 0 Å². The molecular formula is C22H33Cl2NOTi. The average Bonchev–Trinajstić information content (AvgIpc) is 2.87. The van der Waals surface area contributed by atoms with Gasteiger partial charge in [0.1, 0.15) is 0 Å². The standard InChI is InChI=1S/C13H9.C4H10N.C3H7O.CH3.CH2.2ClH.Ti/c1-3-7-12-10(5-1)9-11-6-2-4-8-13(11)12;1-4(2,3)5;1-2-3-4;;;;;/h1-9H;5H,1-3H3;4H,1-3H2;1H3;1H2;2*1H;/q;-1;;;;;;+1. The number of nitrogens with one attached hydrogen (secondary N) is 1. The fraction of sp³-hybridized carbons (Fsp3) is 0.409. The minimum absolute atomic E-state index is 0. The van der Waals surface area contributed by atoms with Crippen molar-refractivity contribution in [3.8, 4) is 11.1 Å². The molecule has 3 rings (SSSR count). The molecule has 2 aromatic carbocycles. The second kappa shape index (κ2) is 8.49. The summed E-state index contributed by atoms with van der Waals surface area (Å²) < 4.78 is 5.35. The van der Waals surface area contributed by atoms with E-state index in [0.29, 0.717) is 4.22 Å². The van der Waals surface area contributed by atoms with Gasteiger partial charge in [-0.3, -0.25) is 0 Å². The molecule has 5 heteroatoms. The maximum absolute atomic E-state index is 9.55. The molecular weight excluding hydrogens is 413 g/mol. The maximum atomic E-state index is 9.55. The van der Waals surface area contributed by atoms with Crippen LogP contribution in [0.15, 0.2) is 48.5 Å². The first kappa shape index (κ1) is 24.6. The van der Waals surface area contributed by atoms with Crippen molar-refractivity contribution in [3.05, 3.63) is 59.7 Å². The predicted octanol–water partition coefficient (Wildman–Crippen LogP) is 5.87. The number of benzene rings is 2. The summed E-state index contributed by atoms with van der Waals surface area (Å²) in [6, 6.07) is 17.6. The van der Waals surface area contributed by atoms with Crippen molar-refractivity contribution in [2.75, 3.05) is 6.61 Å². The van der Waals surface area contributed by atoms with Gasteiger partial charge in [-0.15, -0.1) is 24.8 Å². The topological polar surface area (TPSA) is 32.3 Å². The number of aliphatic hydroxyl groups excluding tert-OH is 1. The molecule has 0 heterocycles. The molecule has 2 nitrogen and oxygen atoms in total. The van der Waals surface area contributed by atoms with Gasteiger partial charge < -0.3 is 0 Å². The first-order valence-electron chi connectivity index (χ1n) is 9.29. The van der Waals surface area contributed by atoms with Crippen molar-refractivity contribution in [1.29, 1.82) is 0 Å². The van der Waals surface area contributed by atoms with E-state index in [9.17, 15) is 5.11 Å². The van der Waals surface area contributed by atoms with Crippen LogP contribution in [0.25, 0.3) is 11.1 Å². The van der Waals surface area contributed by atoms with Gasteiger partial charge in [-0.05, 0) is 0 Å². The molecule has 0 radical (unpaired) electrons. The molecule has 0 saturated heterocycles. The van der Waals surface area contributed by atoms with Crippen molar-refractivity contribution >= 4 is 29.6 Å². The SMILES string of the molecule is Cl.Cl.[CH2]=[Ti]([CH3])([CH2]CCO)([NH]C(C)(C)C)[CH]1c2ccccc2-c2ccccc21. The van der Waals surface area contributed by atoms with Gasteiger partial charge in [-0.1, -0.05) is 0 Å². The third-order valence-corrected chi connectivity index (χ3v) is 14.1. The Balaban J connectivity index is 0.00000182. The van der Waals surface area contributed by atoms with Crippen LogP contribution >= 0.6 is 24.8 Å². The zero-order valence-corrected chi connectivity index (χ0v) is 20.0. The molecule has 1 aliphatic rings. The number of hydrogen-bond donors (Lipinski definition) is 2. The second-order valence-corrected chi connectivity index (χ2v) is 18.8. The molecule has 0 bridgehead atoms. The molecule has 150 valence electrons. The molecule has 0 aliphatic heterocycles. The van der Waals surface area contributed by atoms with Crippen molar-refractivity contribution in [3.63, 3.8) is 0 Å². The fourth-order valence-corrected chi connectivity index (χ4v) is 14.8. The summed E-state index contributed by atoms with van der Waals surface area (Å²) >= 11 is -3.48. The summed E-state index contributed by atoms with van der Waals surface area (Å²) in [5.41, 5.74) is 5.52. The Labute approximate surface area is 177 Å². The Bertz CT molecular complexity index is 814. The molecule has 0 aromatic heterocycles. The minimum atomic E-state index is -3.48. The van der Waals surface area contributed by atoms with E-state index >= 15 is 0 Å². The quantitative estimate of drug-likeness (QED) is 0.563. The van der Waals surface area contributed by atoms with E-state index in [1.54, 1.807) is 0 Å². The molecule has 1 aliphatic carbocycles. The summed E-state index contributed by atoms with van der Waals surface area (Å²) in [6.45, 7) is 6.92. The Hall–Kier alpha value is -0.476. The molecule has 0 unspecified atom stereocenters. The number of aliphatic hydroxyl groups is 1. The van der Waals surface area contributed by atoms with Gasteiger partial charge >= 0.3 is 153 Å². The summed E-state index contributed by atoms with van der Waals surface area (Å²) in [5, 5.41) is 12.0. The third-order valence-electron chi connectivity index (χ3n) is 5.45. The molecule has 0 amide bonds. The zero-order chi connectivity index (χ0) is 18.3. The monoisotopic (exact) mass is 445 g/mol. The van der Waals surface area contributed by atoms with Gasteiger partial charge in [0, 0.05) is 0 Å². The second-order valence-electron chi connectivity index (χ2n) is 9.21. The number of rotatable bonds is 5. The van der Waals surface area contributed by atoms with E-state index in [0.717, 1.165) is 11.1 Å². The van der Waals surface area contributed by atoms with Gasteiger partial charge in [-0.2, -0.15) is 0 Å². The van der Waals surface area contributed by atoms with E-state index in [2.05, 4.69) is 78.3 Å². The number of hydrogen-bond acceptors (Lipinski definition) is 2. The summed E-state index contributed by atoms with van der Waals surface area (Å²) in [5.74, 6) is 0. The van der Waals surface area contributed by atoms with Gasteiger partial charge in [0.05, 0.1) is 0 Å². The van der Waals surface area contributed by atoms with Crippen LogP contribution in [0.3, 0.4) is 0 Å². The summed E-state index contributed by atoms with van der Waals surface area (Å²) in [6.07, 6.45) is 0.807. The van der Waals surface area contributed by atoms with E-state index in [1.807, 2.05) is 0 Å². The van der Waals surface area contributed by atoms with Gasteiger partial charge in [-0.25, -0.2) is 0 Å². The van der Waals surface area contributed by atoms with Crippen LogP contribution in [-0.2, 0) is 15.1 Å². The van der Waals surface area contributed by atoms with E-state index < -0.39 is 15.1 Å². The van der Waals surface area contributed by atoms with Crippen LogP contribution in [0.1, 0.15) is 42.5 Å². The molecule has 0 fully saturated rings. The van der Waals surface area contributed by atoms with Crippen LogP contribution in [0.2, 0.25) is 9.95 Å². The molecule has 2 aromatic rings. The average molecular weight is 446 g/mol. The van der Waals surface area contributed by atoms with Crippen molar-refractivity contribution < 1.29 is 20.2 Å². The normalized spacial score (nSPS) is 14.0. The molecule has 2 N–H and O–H groups in total. The van der Waals surface area contributed by atoms with Crippen LogP contribution in [0.5, 0.6) is 0 Å². The fourth-order valence-electron chi connectivity index (χ4n) is 5.03. The molecule has 0 atom stereocenters. The molecule has 27 heavy (non-hydrogen) atoms. The molecule has 0 spiro atoms. The van der Waals surface area contributed by atoms with Crippen LogP contribution < -0.4 is 3.80 Å². The third kappa shape index (κ3) is 4.75. The van der Waals surface area contributed by atoms with E-state index in [-0.39, 0.29) is 37.0 Å².